The minimum atomic E-state index is -0.263. The molecule has 182 valence electrons. The smallest absolute Gasteiger partial charge is 0.265 e. The van der Waals surface area contributed by atoms with Crippen molar-refractivity contribution in [1.29, 1.82) is 0 Å². The molecule has 2 amide bonds. The van der Waals surface area contributed by atoms with Gasteiger partial charge in [-0.15, -0.1) is 11.3 Å². The van der Waals surface area contributed by atoms with Crippen molar-refractivity contribution in [2.45, 2.75) is 31.2 Å². The van der Waals surface area contributed by atoms with Gasteiger partial charge in [0, 0.05) is 46.9 Å². The Bertz CT molecular complexity index is 1300. The van der Waals surface area contributed by atoms with E-state index in [2.05, 4.69) is 48.6 Å². The molecular weight excluding hydrogens is 501 g/mol. The number of halogens is 2. The predicted octanol–water partition coefficient (Wildman–Crippen LogP) is 6.10. The average molecular weight is 529 g/mol. The molecule has 1 aromatic heterocycles. The van der Waals surface area contributed by atoms with E-state index >= 15 is 0 Å². The Morgan fingerprint density at radius 3 is 2.63 bits per heavy atom. The first-order valence-electron chi connectivity index (χ1n) is 11.7. The van der Waals surface area contributed by atoms with Crippen LogP contribution in [0, 0.1) is 0 Å². The molecule has 8 heteroatoms. The molecule has 2 aromatic carbocycles. The molecule has 0 atom stereocenters. The summed E-state index contributed by atoms with van der Waals surface area (Å²) >= 11 is 13.5. The second-order valence-electron chi connectivity index (χ2n) is 9.73. The summed E-state index contributed by atoms with van der Waals surface area (Å²) in [6.45, 7) is 2.10. The van der Waals surface area contributed by atoms with Crippen LogP contribution in [0.15, 0.2) is 48.5 Å². The van der Waals surface area contributed by atoms with Crippen molar-refractivity contribution in [2.75, 3.05) is 32.5 Å². The summed E-state index contributed by atoms with van der Waals surface area (Å²) in [4.78, 5) is 30.5. The van der Waals surface area contributed by atoms with Crippen LogP contribution in [0.3, 0.4) is 0 Å². The van der Waals surface area contributed by atoms with Crippen molar-refractivity contribution < 1.29 is 9.59 Å². The molecule has 1 aliphatic heterocycles. The number of hydrogen-bond acceptors (Lipinski definition) is 4. The van der Waals surface area contributed by atoms with Gasteiger partial charge in [-0.3, -0.25) is 9.59 Å². The number of fused-ring (bicyclic) bond motifs is 1. The summed E-state index contributed by atoms with van der Waals surface area (Å²) in [5, 5.41) is 3.34. The number of likely N-dealkylation sites (N-methyl/N-ethyl adjacent to an activating group) is 1. The molecule has 0 unspecified atom stereocenters. The maximum atomic E-state index is 13.2. The highest BCUT2D eigenvalue weighted by Gasteiger charge is 2.44. The molecule has 1 saturated carbocycles. The van der Waals surface area contributed by atoms with Crippen LogP contribution < -0.4 is 5.32 Å². The number of benzene rings is 2. The molecule has 2 aliphatic rings. The molecule has 0 radical (unpaired) electrons. The van der Waals surface area contributed by atoms with E-state index in [1.54, 1.807) is 24.3 Å². The SMILES string of the molecule is CN(C)CC1(c2cccc(CCN3Cc4c(NC(=O)c5ccc(Cl)s5)cc(Cl)cc4C3=O)c2)CC1. The van der Waals surface area contributed by atoms with Gasteiger partial charge in [-0.1, -0.05) is 47.5 Å². The van der Waals surface area contributed by atoms with Crippen molar-refractivity contribution in [3.05, 3.63) is 85.0 Å². The van der Waals surface area contributed by atoms with Gasteiger partial charge < -0.3 is 15.1 Å². The van der Waals surface area contributed by atoms with Crippen molar-refractivity contribution >= 4 is 52.0 Å². The summed E-state index contributed by atoms with van der Waals surface area (Å²) in [6.07, 6.45) is 3.22. The number of thiophene rings is 1. The minimum absolute atomic E-state index is 0.0559. The van der Waals surface area contributed by atoms with E-state index in [4.69, 9.17) is 23.2 Å². The second kappa shape index (κ2) is 9.58. The third-order valence-corrected chi connectivity index (χ3v) is 8.26. The fourth-order valence-electron chi connectivity index (χ4n) is 4.96. The number of nitrogens with zero attached hydrogens (tertiary/aromatic N) is 2. The minimum Gasteiger partial charge on any atom is -0.334 e. The highest BCUT2D eigenvalue weighted by molar-refractivity contribution is 7.18. The molecule has 5 nitrogen and oxygen atoms in total. The molecule has 0 bridgehead atoms. The van der Waals surface area contributed by atoms with Crippen LogP contribution in [-0.2, 0) is 18.4 Å². The zero-order valence-electron chi connectivity index (χ0n) is 19.7. The van der Waals surface area contributed by atoms with Gasteiger partial charge in [0.2, 0.25) is 0 Å². The van der Waals surface area contributed by atoms with Gasteiger partial charge in [0.05, 0.1) is 9.21 Å². The van der Waals surface area contributed by atoms with Gasteiger partial charge in [-0.2, -0.15) is 0 Å². The number of nitrogens with one attached hydrogen (secondary N) is 1. The number of carbonyl (C=O) groups is 2. The Hall–Kier alpha value is -2.38. The largest absolute Gasteiger partial charge is 0.334 e. The number of anilines is 1. The van der Waals surface area contributed by atoms with E-state index in [-0.39, 0.29) is 17.2 Å². The third-order valence-electron chi connectivity index (χ3n) is 6.81. The second-order valence-corrected chi connectivity index (χ2v) is 11.9. The van der Waals surface area contributed by atoms with Crippen LogP contribution >= 0.6 is 34.5 Å². The van der Waals surface area contributed by atoms with Gasteiger partial charge in [-0.25, -0.2) is 0 Å². The van der Waals surface area contributed by atoms with E-state index in [1.165, 1.54) is 35.3 Å². The zero-order valence-corrected chi connectivity index (χ0v) is 22.1. The van der Waals surface area contributed by atoms with Gasteiger partial charge >= 0.3 is 0 Å². The lowest BCUT2D eigenvalue weighted by Gasteiger charge is -2.21. The molecule has 1 N–H and O–H groups in total. The Balaban J connectivity index is 1.29. The van der Waals surface area contributed by atoms with E-state index in [1.807, 2.05) is 4.90 Å². The predicted molar refractivity (Wildman–Crippen MR) is 143 cm³/mol. The number of hydrogen-bond donors (Lipinski definition) is 1. The lowest BCUT2D eigenvalue weighted by atomic mass is 9.93. The molecule has 2 heterocycles. The molecular formula is C27H27Cl2N3O2S. The first-order chi connectivity index (χ1) is 16.7. The molecule has 0 spiro atoms. The van der Waals surface area contributed by atoms with Gasteiger partial charge in [0.1, 0.15) is 0 Å². The van der Waals surface area contributed by atoms with Gasteiger partial charge in [-0.05, 0) is 68.8 Å². The number of amides is 2. The molecule has 0 saturated heterocycles. The van der Waals surface area contributed by atoms with E-state index in [0.717, 1.165) is 18.5 Å². The quantitative estimate of drug-likeness (QED) is 0.385. The maximum Gasteiger partial charge on any atom is 0.265 e. The third kappa shape index (κ3) is 5.12. The van der Waals surface area contributed by atoms with Crippen molar-refractivity contribution in [3.63, 3.8) is 0 Å². The molecule has 1 fully saturated rings. The molecule has 35 heavy (non-hydrogen) atoms. The topological polar surface area (TPSA) is 52.6 Å². The van der Waals surface area contributed by atoms with Crippen LogP contribution in [0.1, 0.15) is 49.6 Å². The first kappa shape index (κ1) is 24.3. The Labute approximate surface area is 219 Å². The Morgan fingerprint density at radius 2 is 1.94 bits per heavy atom. The van der Waals surface area contributed by atoms with Crippen LogP contribution in [0.5, 0.6) is 0 Å². The Kier molecular flexibility index (Phi) is 6.66. The molecule has 5 rings (SSSR count). The molecule has 3 aromatic rings. The van der Waals surface area contributed by atoms with Crippen molar-refractivity contribution in [3.8, 4) is 0 Å². The lowest BCUT2D eigenvalue weighted by Crippen LogP contribution is -2.27. The monoisotopic (exact) mass is 527 g/mol. The van der Waals surface area contributed by atoms with Gasteiger partial charge in [0.15, 0.2) is 0 Å². The average Bonchev–Trinajstić information content (AvgIpc) is 3.34. The fourth-order valence-corrected chi connectivity index (χ4v) is 6.11. The Morgan fingerprint density at radius 1 is 1.14 bits per heavy atom. The first-order valence-corrected chi connectivity index (χ1v) is 13.2. The summed E-state index contributed by atoms with van der Waals surface area (Å²) in [5.74, 6) is -0.319. The van der Waals surface area contributed by atoms with E-state index in [0.29, 0.717) is 38.6 Å². The van der Waals surface area contributed by atoms with Crippen molar-refractivity contribution in [2.24, 2.45) is 0 Å². The van der Waals surface area contributed by atoms with Crippen LogP contribution in [-0.4, -0.2) is 48.8 Å². The fraction of sp³-hybridized carbons (Fsp3) is 0.333. The summed E-state index contributed by atoms with van der Waals surface area (Å²) in [6, 6.07) is 15.6. The van der Waals surface area contributed by atoms with E-state index in [9.17, 15) is 9.59 Å². The van der Waals surface area contributed by atoms with Gasteiger partial charge in [0.25, 0.3) is 11.8 Å². The summed E-state index contributed by atoms with van der Waals surface area (Å²) in [5.41, 5.74) is 4.82. The van der Waals surface area contributed by atoms with E-state index < -0.39 is 0 Å². The summed E-state index contributed by atoms with van der Waals surface area (Å²) < 4.78 is 0.547. The highest BCUT2D eigenvalue weighted by Crippen LogP contribution is 2.48. The maximum absolute atomic E-state index is 13.2. The summed E-state index contributed by atoms with van der Waals surface area (Å²) in [7, 11) is 4.25. The van der Waals surface area contributed by atoms with Crippen LogP contribution in [0.4, 0.5) is 5.69 Å². The lowest BCUT2D eigenvalue weighted by molar-refractivity contribution is 0.0780. The van der Waals surface area contributed by atoms with Crippen molar-refractivity contribution in [1.82, 2.24) is 9.80 Å². The molecule has 1 aliphatic carbocycles. The normalized spacial score (nSPS) is 16.0. The highest BCUT2D eigenvalue weighted by atomic mass is 35.5. The zero-order chi connectivity index (χ0) is 24.7. The standard InChI is InChI=1S/C27H27Cl2N3O2S/c1-31(2)16-27(9-10-27)18-5-3-4-17(12-18)8-11-32-15-21-20(26(32)34)13-19(28)14-22(21)30-25(33)23-6-7-24(29)35-23/h3-7,12-14H,8-11,15-16H2,1-2H3,(H,30,33). The van der Waals surface area contributed by atoms with Crippen LogP contribution in [0.2, 0.25) is 9.36 Å². The van der Waals surface area contributed by atoms with Crippen LogP contribution in [0.25, 0.3) is 0 Å². The number of carbonyl (C=O) groups excluding carboxylic acids is 2. The number of rotatable bonds is 8.